The number of rotatable bonds is 4. The summed E-state index contributed by atoms with van der Waals surface area (Å²) in [6.45, 7) is 2.13. The number of carbonyl (C=O) groups is 1. The molecule has 22 heavy (non-hydrogen) atoms. The highest BCUT2D eigenvalue weighted by Crippen LogP contribution is 2.27. The minimum atomic E-state index is -0.0297. The summed E-state index contributed by atoms with van der Waals surface area (Å²) < 4.78 is 1.78. The Hall–Kier alpha value is -1.85. The van der Waals surface area contributed by atoms with Crippen LogP contribution in [0.3, 0.4) is 0 Å². The van der Waals surface area contributed by atoms with Crippen molar-refractivity contribution in [3.63, 3.8) is 0 Å². The number of nitrogens with zero attached hydrogens (tertiary/aromatic N) is 2. The van der Waals surface area contributed by atoms with Gasteiger partial charge in [0.25, 0.3) is 0 Å². The Labute approximate surface area is 136 Å². The van der Waals surface area contributed by atoms with E-state index in [4.69, 9.17) is 0 Å². The Morgan fingerprint density at radius 3 is 2.82 bits per heavy atom. The molecule has 2 heterocycles. The molecule has 1 fully saturated rings. The van der Waals surface area contributed by atoms with Crippen LogP contribution in [0.25, 0.3) is 0 Å². The number of amides is 1. The number of aromatic nitrogens is 2. The summed E-state index contributed by atoms with van der Waals surface area (Å²) in [5.41, 5.74) is 2.25. The van der Waals surface area contributed by atoms with E-state index in [1.807, 2.05) is 49.8 Å². The van der Waals surface area contributed by atoms with Crippen LogP contribution in [-0.2, 0) is 18.4 Å². The predicted molar refractivity (Wildman–Crippen MR) is 87.8 cm³/mol. The zero-order chi connectivity index (χ0) is 14.7. The molecule has 1 saturated heterocycles. The molecule has 2 N–H and O–H groups in total. The largest absolute Gasteiger partial charge is 0.352 e. The first-order valence-corrected chi connectivity index (χ1v) is 7.25. The molecule has 1 aliphatic rings. The Morgan fingerprint density at radius 2 is 2.14 bits per heavy atom. The van der Waals surface area contributed by atoms with Gasteiger partial charge >= 0.3 is 0 Å². The Kier molecular flexibility index (Phi) is 5.57. The number of hydrogen-bond donors (Lipinski definition) is 2. The van der Waals surface area contributed by atoms with Crippen molar-refractivity contribution >= 4 is 18.3 Å². The molecule has 3 rings (SSSR count). The molecular formula is C16H21ClN4O. The van der Waals surface area contributed by atoms with Crippen LogP contribution in [0.1, 0.15) is 17.0 Å². The van der Waals surface area contributed by atoms with Crippen molar-refractivity contribution in [3.05, 3.63) is 53.9 Å². The minimum Gasteiger partial charge on any atom is -0.352 e. The van der Waals surface area contributed by atoms with Crippen molar-refractivity contribution in [2.75, 3.05) is 13.1 Å². The minimum absolute atomic E-state index is 0. The van der Waals surface area contributed by atoms with Gasteiger partial charge in [0.1, 0.15) is 0 Å². The fourth-order valence-electron chi connectivity index (χ4n) is 2.85. The monoisotopic (exact) mass is 320 g/mol. The molecule has 0 radical (unpaired) electrons. The molecule has 0 unspecified atom stereocenters. The van der Waals surface area contributed by atoms with E-state index in [0.717, 1.165) is 24.2 Å². The zero-order valence-electron chi connectivity index (χ0n) is 12.5. The van der Waals surface area contributed by atoms with E-state index in [2.05, 4.69) is 15.7 Å². The normalized spacial score (nSPS) is 20.4. The highest BCUT2D eigenvalue weighted by atomic mass is 35.5. The Bertz CT molecular complexity index is 614. The molecule has 0 aliphatic carbocycles. The van der Waals surface area contributed by atoms with E-state index >= 15 is 0 Å². The molecule has 0 spiro atoms. The van der Waals surface area contributed by atoms with E-state index in [1.54, 1.807) is 4.68 Å². The summed E-state index contributed by atoms with van der Waals surface area (Å²) in [6, 6.07) is 9.98. The number of carbonyl (C=O) groups excluding carboxylic acids is 1. The standard InChI is InChI=1S/C16H20N4O.ClH/c1-20-11-13(8-19-20)14-9-17-10-15(14)16(21)18-7-12-5-3-2-4-6-12;/h2-6,8,11,14-15,17H,7,9-10H2,1H3,(H,18,21);1H/t14-,15+;/m1./s1. The summed E-state index contributed by atoms with van der Waals surface area (Å²) in [6.07, 6.45) is 3.85. The summed E-state index contributed by atoms with van der Waals surface area (Å²) in [7, 11) is 1.90. The van der Waals surface area contributed by atoms with Gasteiger partial charge in [0, 0.05) is 38.8 Å². The van der Waals surface area contributed by atoms with Crippen molar-refractivity contribution < 1.29 is 4.79 Å². The number of aryl methyl sites for hydroxylation is 1. The van der Waals surface area contributed by atoms with Crippen molar-refractivity contribution in [2.45, 2.75) is 12.5 Å². The molecule has 118 valence electrons. The predicted octanol–water partition coefficient (Wildman–Crippen LogP) is 1.46. The van der Waals surface area contributed by atoms with E-state index < -0.39 is 0 Å². The van der Waals surface area contributed by atoms with E-state index in [0.29, 0.717) is 6.54 Å². The molecule has 1 aliphatic heterocycles. The SMILES string of the molecule is Cl.Cn1cc([C@H]2CNC[C@@H]2C(=O)NCc2ccccc2)cn1. The number of halogens is 1. The van der Waals surface area contributed by atoms with Crippen molar-refractivity contribution in [2.24, 2.45) is 13.0 Å². The van der Waals surface area contributed by atoms with Crippen LogP contribution in [-0.4, -0.2) is 28.8 Å². The number of nitrogens with one attached hydrogen (secondary N) is 2. The first kappa shape index (κ1) is 16.5. The first-order chi connectivity index (χ1) is 10.2. The quantitative estimate of drug-likeness (QED) is 0.896. The third-order valence-corrected chi connectivity index (χ3v) is 4.01. The fourth-order valence-corrected chi connectivity index (χ4v) is 2.85. The lowest BCUT2D eigenvalue weighted by Gasteiger charge is -2.17. The third-order valence-electron chi connectivity index (χ3n) is 4.01. The molecule has 0 bridgehead atoms. The van der Waals surface area contributed by atoms with Crippen LogP contribution in [0, 0.1) is 5.92 Å². The van der Waals surface area contributed by atoms with Crippen LogP contribution >= 0.6 is 12.4 Å². The highest BCUT2D eigenvalue weighted by Gasteiger charge is 2.34. The summed E-state index contributed by atoms with van der Waals surface area (Å²) in [4.78, 5) is 12.4. The van der Waals surface area contributed by atoms with E-state index in [-0.39, 0.29) is 30.2 Å². The van der Waals surface area contributed by atoms with Crippen LogP contribution in [0.4, 0.5) is 0 Å². The van der Waals surface area contributed by atoms with Crippen molar-refractivity contribution in [1.82, 2.24) is 20.4 Å². The maximum atomic E-state index is 12.4. The molecule has 2 aromatic rings. The van der Waals surface area contributed by atoms with Gasteiger partial charge in [-0.3, -0.25) is 9.48 Å². The molecule has 0 saturated carbocycles. The fraction of sp³-hybridized carbons (Fsp3) is 0.375. The average molecular weight is 321 g/mol. The van der Waals surface area contributed by atoms with Gasteiger partial charge in [0.15, 0.2) is 0 Å². The van der Waals surface area contributed by atoms with E-state index in [9.17, 15) is 4.79 Å². The maximum absolute atomic E-state index is 12.4. The van der Waals surface area contributed by atoms with Crippen LogP contribution in [0.15, 0.2) is 42.7 Å². The van der Waals surface area contributed by atoms with Gasteiger partial charge < -0.3 is 10.6 Å². The van der Waals surface area contributed by atoms with Gasteiger partial charge in [-0.15, -0.1) is 12.4 Å². The highest BCUT2D eigenvalue weighted by molar-refractivity contribution is 5.85. The van der Waals surface area contributed by atoms with Gasteiger partial charge in [-0.25, -0.2) is 0 Å². The Balaban J connectivity index is 0.00000176. The van der Waals surface area contributed by atoms with Crippen molar-refractivity contribution in [3.8, 4) is 0 Å². The summed E-state index contributed by atoms with van der Waals surface area (Å²) in [5.74, 6) is 0.282. The Morgan fingerprint density at radius 1 is 1.36 bits per heavy atom. The number of hydrogen-bond acceptors (Lipinski definition) is 3. The lowest BCUT2D eigenvalue weighted by atomic mass is 9.90. The zero-order valence-corrected chi connectivity index (χ0v) is 13.3. The molecule has 2 atom stereocenters. The van der Waals surface area contributed by atoms with Gasteiger partial charge in [-0.05, 0) is 11.1 Å². The topological polar surface area (TPSA) is 59.0 Å². The van der Waals surface area contributed by atoms with Crippen LogP contribution in [0.5, 0.6) is 0 Å². The lowest BCUT2D eigenvalue weighted by Crippen LogP contribution is -2.33. The molecular weight excluding hydrogens is 300 g/mol. The second kappa shape index (κ2) is 7.42. The summed E-state index contributed by atoms with van der Waals surface area (Å²) >= 11 is 0. The molecule has 6 heteroatoms. The molecule has 5 nitrogen and oxygen atoms in total. The van der Waals surface area contributed by atoms with Crippen LogP contribution < -0.4 is 10.6 Å². The average Bonchev–Trinajstić information content (AvgIpc) is 3.14. The molecule has 1 amide bonds. The van der Waals surface area contributed by atoms with Gasteiger partial charge in [0.2, 0.25) is 5.91 Å². The molecule has 1 aromatic carbocycles. The first-order valence-electron chi connectivity index (χ1n) is 7.25. The number of benzene rings is 1. The smallest absolute Gasteiger partial charge is 0.225 e. The van der Waals surface area contributed by atoms with Gasteiger partial charge in [0.05, 0.1) is 12.1 Å². The summed E-state index contributed by atoms with van der Waals surface area (Å²) in [5, 5.41) is 10.6. The second-order valence-electron chi connectivity index (χ2n) is 5.52. The maximum Gasteiger partial charge on any atom is 0.225 e. The van der Waals surface area contributed by atoms with Gasteiger partial charge in [-0.2, -0.15) is 5.10 Å². The van der Waals surface area contributed by atoms with Gasteiger partial charge in [-0.1, -0.05) is 30.3 Å². The molecule has 1 aromatic heterocycles. The second-order valence-corrected chi connectivity index (χ2v) is 5.52. The lowest BCUT2D eigenvalue weighted by molar-refractivity contribution is -0.125. The van der Waals surface area contributed by atoms with Crippen LogP contribution in [0.2, 0.25) is 0 Å². The van der Waals surface area contributed by atoms with Crippen molar-refractivity contribution in [1.29, 1.82) is 0 Å². The van der Waals surface area contributed by atoms with E-state index in [1.165, 1.54) is 0 Å². The third kappa shape index (κ3) is 3.67.